The van der Waals surface area contributed by atoms with E-state index < -0.39 is 0 Å². The third-order valence-corrected chi connectivity index (χ3v) is 3.81. The second kappa shape index (κ2) is 7.24. The van der Waals surface area contributed by atoms with Gasteiger partial charge in [-0.25, -0.2) is 0 Å². The van der Waals surface area contributed by atoms with Crippen LogP contribution in [-0.4, -0.2) is 19.3 Å². The maximum atomic E-state index is 6.23. The van der Waals surface area contributed by atoms with E-state index in [4.69, 9.17) is 10.5 Å². The van der Waals surface area contributed by atoms with Gasteiger partial charge >= 0.3 is 0 Å². The summed E-state index contributed by atoms with van der Waals surface area (Å²) in [6.45, 7) is 6.00. The summed E-state index contributed by atoms with van der Waals surface area (Å²) < 4.78 is 5.37. The zero-order valence-electron chi connectivity index (χ0n) is 10.4. The predicted octanol–water partition coefficient (Wildman–Crippen LogP) is 2.96. The third kappa shape index (κ3) is 4.52. The van der Waals surface area contributed by atoms with Gasteiger partial charge in [0.15, 0.2) is 0 Å². The van der Waals surface area contributed by atoms with Crippen molar-refractivity contribution in [3.63, 3.8) is 0 Å². The van der Waals surface area contributed by atoms with Crippen LogP contribution in [0.3, 0.4) is 0 Å². The van der Waals surface area contributed by atoms with Gasteiger partial charge in [0.1, 0.15) is 0 Å². The minimum absolute atomic E-state index is 0.367. The highest BCUT2D eigenvalue weighted by molar-refractivity contribution is 4.80. The van der Waals surface area contributed by atoms with Crippen molar-refractivity contribution in [3.8, 4) is 0 Å². The fourth-order valence-electron chi connectivity index (χ4n) is 2.69. The zero-order chi connectivity index (χ0) is 11.1. The molecule has 0 aromatic carbocycles. The Morgan fingerprint density at radius 1 is 1.33 bits per heavy atom. The van der Waals surface area contributed by atoms with E-state index in [2.05, 4.69) is 6.92 Å². The Bertz CT molecular complexity index is 161. The molecule has 1 saturated carbocycles. The lowest BCUT2D eigenvalue weighted by Crippen LogP contribution is -2.34. The lowest BCUT2D eigenvalue weighted by molar-refractivity contribution is 0.125. The Balaban J connectivity index is 2.22. The van der Waals surface area contributed by atoms with Gasteiger partial charge in [-0.15, -0.1) is 0 Å². The molecule has 0 spiro atoms. The van der Waals surface area contributed by atoms with Crippen LogP contribution < -0.4 is 5.73 Å². The van der Waals surface area contributed by atoms with Crippen molar-refractivity contribution in [2.75, 3.05) is 13.2 Å². The van der Waals surface area contributed by atoms with Gasteiger partial charge in [-0.1, -0.05) is 26.2 Å². The number of nitrogens with two attached hydrogens (primary N) is 1. The molecule has 90 valence electrons. The highest BCUT2D eigenvalue weighted by Gasteiger charge is 2.25. The van der Waals surface area contributed by atoms with Crippen LogP contribution in [0.4, 0.5) is 0 Å². The molecule has 0 saturated heterocycles. The Kier molecular flexibility index (Phi) is 6.26. The molecular formula is C13H27NO. The van der Waals surface area contributed by atoms with Crippen molar-refractivity contribution < 1.29 is 4.74 Å². The normalized spacial score (nSPS) is 29.0. The molecule has 1 aliphatic carbocycles. The summed E-state index contributed by atoms with van der Waals surface area (Å²) in [5, 5.41) is 0. The van der Waals surface area contributed by atoms with Gasteiger partial charge in [0.2, 0.25) is 0 Å². The van der Waals surface area contributed by atoms with E-state index in [1.807, 2.05) is 6.92 Å². The molecule has 0 aliphatic heterocycles. The Hall–Kier alpha value is -0.0800. The fourth-order valence-corrected chi connectivity index (χ4v) is 2.69. The summed E-state index contributed by atoms with van der Waals surface area (Å²) in [7, 11) is 0. The minimum atomic E-state index is 0.367. The lowest BCUT2D eigenvalue weighted by Gasteiger charge is -2.32. The molecule has 0 amide bonds. The number of ether oxygens (including phenoxy) is 1. The third-order valence-electron chi connectivity index (χ3n) is 3.81. The van der Waals surface area contributed by atoms with Crippen molar-refractivity contribution in [2.45, 2.75) is 58.4 Å². The van der Waals surface area contributed by atoms with Gasteiger partial charge in [-0.05, 0) is 38.0 Å². The smallest absolute Gasteiger partial charge is 0.0480 e. The van der Waals surface area contributed by atoms with Crippen molar-refractivity contribution in [1.29, 1.82) is 0 Å². The van der Waals surface area contributed by atoms with Gasteiger partial charge in [-0.2, -0.15) is 0 Å². The first kappa shape index (κ1) is 13.0. The maximum absolute atomic E-state index is 6.23. The second-order valence-electron chi connectivity index (χ2n) is 4.85. The van der Waals surface area contributed by atoms with Crippen LogP contribution in [-0.2, 0) is 4.74 Å². The standard InChI is InChI=1S/C13H27NO/c1-3-11-6-5-7-12(10-11)13(14)8-9-15-4-2/h11-13H,3-10,14H2,1-2H3. The van der Waals surface area contributed by atoms with Crippen molar-refractivity contribution in [3.05, 3.63) is 0 Å². The molecule has 1 fully saturated rings. The number of hydrogen-bond donors (Lipinski definition) is 1. The summed E-state index contributed by atoms with van der Waals surface area (Å²) in [4.78, 5) is 0. The van der Waals surface area contributed by atoms with Gasteiger partial charge in [0, 0.05) is 19.3 Å². The molecule has 1 aliphatic rings. The first-order chi connectivity index (χ1) is 7.27. The van der Waals surface area contributed by atoms with E-state index in [0.717, 1.165) is 31.5 Å². The van der Waals surface area contributed by atoms with Crippen LogP contribution in [0.25, 0.3) is 0 Å². The molecule has 0 heterocycles. The maximum Gasteiger partial charge on any atom is 0.0480 e. The first-order valence-corrected chi connectivity index (χ1v) is 6.61. The van der Waals surface area contributed by atoms with Crippen molar-refractivity contribution in [1.82, 2.24) is 0 Å². The summed E-state index contributed by atoms with van der Waals surface area (Å²) in [6.07, 6.45) is 7.86. The lowest BCUT2D eigenvalue weighted by atomic mass is 9.76. The van der Waals surface area contributed by atoms with Gasteiger partial charge in [0.05, 0.1) is 0 Å². The molecule has 2 heteroatoms. The quantitative estimate of drug-likeness (QED) is 0.688. The van der Waals surface area contributed by atoms with Gasteiger partial charge in [-0.3, -0.25) is 0 Å². The topological polar surface area (TPSA) is 35.2 Å². The molecule has 0 aromatic heterocycles. The number of rotatable bonds is 6. The molecule has 2 nitrogen and oxygen atoms in total. The molecule has 3 unspecified atom stereocenters. The van der Waals surface area contributed by atoms with Gasteiger partial charge in [0.25, 0.3) is 0 Å². The SMILES string of the molecule is CCOCCC(N)C1CCCC(CC)C1. The Morgan fingerprint density at radius 3 is 2.80 bits per heavy atom. The van der Waals surface area contributed by atoms with Gasteiger partial charge < -0.3 is 10.5 Å². The molecule has 0 aromatic rings. The fraction of sp³-hybridized carbons (Fsp3) is 1.00. The molecule has 15 heavy (non-hydrogen) atoms. The van der Waals surface area contributed by atoms with E-state index in [1.165, 1.54) is 32.1 Å². The van der Waals surface area contributed by atoms with E-state index in [1.54, 1.807) is 0 Å². The monoisotopic (exact) mass is 213 g/mol. The molecule has 0 bridgehead atoms. The molecule has 0 radical (unpaired) electrons. The van der Waals surface area contributed by atoms with E-state index in [-0.39, 0.29) is 0 Å². The Morgan fingerprint density at radius 2 is 2.13 bits per heavy atom. The molecule has 2 N–H and O–H groups in total. The second-order valence-corrected chi connectivity index (χ2v) is 4.85. The zero-order valence-corrected chi connectivity index (χ0v) is 10.4. The van der Waals surface area contributed by atoms with Crippen molar-refractivity contribution in [2.24, 2.45) is 17.6 Å². The average Bonchev–Trinajstić information content (AvgIpc) is 2.29. The van der Waals surface area contributed by atoms with E-state index in [9.17, 15) is 0 Å². The number of hydrogen-bond acceptors (Lipinski definition) is 2. The van der Waals surface area contributed by atoms with Crippen LogP contribution in [0.5, 0.6) is 0 Å². The highest BCUT2D eigenvalue weighted by Crippen LogP contribution is 2.32. The van der Waals surface area contributed by atoms with Crippen LogP contribution in [0.15, 0.2) is 0 Å². The van der Waals surface area contributed by atoms with E-state index in [0.29, 0.717) is 6.04 Å². The predicted molar refractivity (Wildman–Crippen MR) is 64.8 cm³/mol. The largest absolute Gasteiger partial charge is 0.382 e. The average molecular weight is 213 g/mol. The van der Waals surface area contributed by atoms with Crippen LogP contribution >= 0.6 is 0 Å². The summed E-state index contributed by atoms with van der Waals surface area (Å²) >= 11 is 0. The first-order valence-electron chi connectivity index (χ1n) is 6.61. The minimum Gasteiger partial charge on any atom is -0.382 e. The van der Waals surface area contributed by atoms with E-state index >= 15 is 0 Å². The molecule has 3 atom stereocenters. The van der Waals surface area contributed by atoms with Crippen LogP contribution in [0, 0.1) is 11.8 Å². The van der Waals surface area contributed by atoms with Crippen LogP contribution in [0.2, 0.25) is 0 Å². The molecule has 1 rings (SSSR count). The molecular weight excluding hydrogens is 186 g/mol. The summed E-state index contributed by atoms with van der Waals surface area (Å²) in [6, 6.07) is 0.367. The summed E-state index contributed by atoms with van der Waals surface area (Å²) in [5.74, 6) is 1.69. The Labute approximate surface area is 94.6 Å². The highest BCUT2D eigenvalue weighted by atomic mass is 16.5. The van der Waals surface area contributed by atoms with Crippen LogP contribution in [0.1, 0.15) is 52.4 Å². The summed E-state index contributed by atoms with van der Waals surface area (Å²) in [5.41, 5.74) is 6.23. The van der Waals surface area contributed by atoms with Crippen molar-refractivity contribution >= 4 is 0 Å².